The molecule has 1 aromatic carbocycles. The molecule has 0 saturated carbocycles. The number of carbonyl (C=O) groups is 2. The van der Waals surface area contributed by atoms with Crippen LogP contribution in [0.25, 0.3) is 0 Å². The number of hydrogen-bond acceptors (Lipinski definition) is 3. The van der Waals surface area contributed by atoms with E-state index >= 15 is 0 Å². The molecule has 3 rings (SSSR count). The Balaban J connectivity index is 1.52. The summed E-state index contributed by atoms with van der Waals surface area (Å²) in [4.78, 5) is 32.4. The van der Waals surface area contributed by atoms with Gasteiger partial charge < -0.3 is 15.1 Å². The topological polar surface area (TPSA) is 65.5 Å². The standard InChI is InChI=1S/C19H22N4O2/c24-18(17-7-9-20-10-8-17)22-11-4-12-23(14-13-22)19(25)21-15-16-5-2-1-3-6-16/h1-3,5-10H,4,11-15H2,(H,21,25). The first-order valence-corrected chi connectivity index (χ1v) is 8.50. The Hall–Kier alpha value is -2.89. The van der Waals surface area contributed by atoms with Gasteiger partial charge in [0.15, 0.2) is 0 Å². The van der Waals surface area contributed by atoms with E-state index < -0.39 is 0 Å². The van der Waals surface area contributed by atoms with Crippen molar-refractivity contribution >= 4 is 11.9 Å². The second-order valence-electron chi connectivity index (χ2n) is 6.01. The van der Waals surface area contributed by atoms with Gasteiger partial charge in [-0.15, -0.1) is 0 Å². The van der Waals surface area contributed by atoms with Gasteiger partial charge in [-0.1, -0.05) is 30.3 Å². The van der Waals surface area contributed by atoms with Crippen LogP contribution in [0.4, 0.5) is 4.79 Å². The second kappa shape index (κ2) is 8.28. The molecule has 0 aliphatic carbocycles. The number of carbonyl (C=O) groups excluding carboxylic acids is 2. The molecule has 1 fully saturated rings. The molecule has 1 aliphatic rings. The van der Waals surface area contributed by atoms with Gasteiger partial charge in [0.2, 0.25) is 0 Å². The molecule has 1 aliphatic heterocycles. The lowest BCUT2D eigenvalue weighted by molar-refractivity contribution is 0.0762. The van der Waals surface area contributed by atoms with Gasteiger partial charge in [0.1, 0.15) is 0 Å². The van der Waals surface area contributed by atoms with Crippen molar-refractivity contribution in [3.63, 3.8) is 0 Å². The summed E-state index contributed by atoms with van der Waals surface area (Å²) in [7, 11) is 0. The van der Waals surface area contributed by atoms with Crippen molar-refractivity contribution in [3.8, 4) is 0 Å². The minimum Gasteiger partial charge on any atom is -0.337 e. The molecule has 130 valence electrons. The third-order valence-corrected chi connectivity index (χ3v) is 4.28. The summed E-state index contributed by atoms with van der Waals surface area (Å²) < 4.78 is 0. The summed E-state index contributed by atoms with van der Waals surface area (Å²) in [6.07, 6.45) is 4.01. The Morgan fingerprint density at radius 2 is 1.60 bits per heavy atom. The van der Waals surface area contributed by atoms with E-state index in [4.69, 9.17) is 0 Å². The Bertz CT molecular complexity index is 706. The minimum atomic E-state index is -0.0814. The maximum absolute atomic E-state index is 12.5. The molecule has 2 heterocycles. The van der Waals surface area contributed by atoms with E-state index in [2.05, 4.69) is 10.3 Å². The fraction of sp³-hybridized carbons (Fsp3) is 0.316. The Morgan fingerprint density at radius 3 is 2.36 bits per heavy atom. The van der Waals surface area contributed by atoms with E-state index in [9.17, 15) is 9.59 Å². The SMILES string of the molecule is O=C(NCc1ccccc1)N1CCCN(C(=O)c2ccncc2)CC1. The molecule has 0 spiro atoms. The number of benzene rings is 1. The molecule has 6 nitrogen and oxygen atoms in total. The van der Waals surface area contributed by atoms with Crippen molar-refractivity contribution in [2.75, 3.05) is 26.2 Å². The fourth-order valence-corrected chi connectivity index (χ4v) is 2.89. The van der Waals surface area contributed by atoms with E-state index in [0.29, 0.717) is 38.3 Å². The maximum atomic E-state index is 12.5. The summed E-state index contributed by atoms with van der Waals surface area (Å²) in [6, 6.07) is 13.2. The molecule has 25 heavy (non-hydrogen) atoms. The zero-order chi connectivity index (χ0) is 17.5. The molecule has 0 atom stereocenters. The van der Waals surface area contributed by atoms with E-state index in [0.717, 1.165) is 12.0 Å². The summed E-state index contributed by atoms with van der Waals surface area (Å²) in [6.45, 7) is 2.90. The van der Waals surface area contributed by atoms with Crippen LogP contribution in [0, 0.1) is 0 Å². The second-order valence-corrected chi connectivity index (χ2v) is 6.01. The largest absolute Gasteiger partial charge is 0.337 e. The normalized spacial score (nSPS) is 14.7. The molecule has 6 heteroatoms. The highest BCUT2D eigenvalue weighted by molar-refractivity contribution is 5.94. The van der Waals surface area contributed by atoms with Crippen molar-refractivity contribution in [1.29, 1.82) is 0 Å². The van der Waals surface area contributed by atoms with Crippen LogP contribution in [0.5, 0.6) is 0 Å². The van der Waals surface area contributed by atoms with E-state index in [1.54, 1.807) is 34.3 Å². The molecule has 0 unspecified atom stereocenters. The molecular weight excluding hydrogens is 316 g/mol. The number of pyridine rings is 1. The van der Waals surface area contributed by atoms with Gasteiger partial charge in [0, 0.05) is 50.7 Å². The first-order valence-electron chi connectivity index (χ1n) is 8.50. The van der Waals surface area contributed by atoms with Crippen LogP contribution in [0.2, 0.25) is 0 Å². The number of urea groups is 1. The molecule has 0 radical (unpaired) electrons. The number of nitrogens with zero attached hydrogens (tertiary/aromatic N) is 3. The van der Waals surface area contributed by atoms with E-state index in [1.165, 1.54) is 0 Å². The quantitative estimate of drug-likeness (QED) is 0.932. The summed E-state index contributed by atoms with van der Waals surface area (Å²) >= 11 is 0. The van der Waals surface area contributed by atoms with Gasteiger partial charge in [-0.25, -0.2) is 4.79 Å². The highest BCUT2D eigenvalue weighted by Gasteiger charge is 2.22. The number of amides is 3. The third-order valence-electron chi connectivity index (χ3n) is 4.28. The maximum Gasteiger partial charge on any atom is 0.317 e. The molecule has 2 aromatic rings. The molecule has 1 aromatic heterocycles. The van der Waals surface area contributed by atoms with Crippen LogP contribution in [0.15, 0.2) is 54.9 Å². The fourth-order valence-electron chi connectivity index (χ4n) is 2.89. The van der Waals surface area contributed by atoms with Gasteiger partial charge in [-0.3, -0.25) is 9.78 Å². The molecule has 1 saturated heterocycles. The smallest absolute Gasteiger partial charge is 0.317 e. The predicted octanol–water partition coefficient (Wildman–Crippen LogP) is 2.14. The van der Waals surface area contributed by atoms with Gasteiger partial charge >= 0.3 is 6.03 Å². The van der Waals surface area contributed by atoms with Gasteiger partial charge in [0.25, 0.3) is 5.91 Å². The number of hydrogen-bond donors (Lipinski definition) is 1. The zero-order valence-electron chi connectivity index (χ0n) is 14.1. The van der Waals surface area contributed by atoms with E-state index in [-0.39, 0.29) is 11.9 Å². The van der Waals surface area contributed by atoms with Crippen molar-refractivity contribution in [2.45, 2.75) is 13.0 Å². The van der Waals surface area contributed by atoms with Crippen LogP contribution in [-0.2, 0) is 6.54 Å². The highest BCUT2D eigenvalue weighted by Crippen LogP contribution is 2.09. The number of nitrogens with one attached hydrogen (secondary N) is 1. The van der Waals surface area contributed by atoms with Crippen molar-refractivity contribution in [1.82, 2.24) is 20.1 Å². The molecule has 3 amide bonds. The average Bonchev–Trinajstić information content (AvgIpc) is 2.93. The van der Waals surface area contributed by atoms with Crippen molar-refractivity contribution in [3.05, 3.63) is 66.0 Å². The highest BCUT2D eigenvalue weighted by atomic mass is 16.2. The lowest BCUT2D eigenvalue weighted by Crippen LogP contribution is -2.42. The van der Waals surface area contributed by atoms with Crippen LogP contribution in [-0.4, -0.2) is 52.9 Å². The van der Waals surface area contributed by atoms with Gasteiger partial charge in [-0.2, -0.15) is 0 Å². The van der Waals surface area contributed by atoms with Crippen molar-refractivity contribution < 1.29 is 9.59 Å². The third kappa shape index (κ3) is 4.56. The first kappa shape index (κ1) is 17.0. The Kier molecular flexibility index (Phi) is 5.61. The lowest BCUT2D eigenvalue weighted by Gasteiger charge is -2.22. The Labute approximate surface area is 147 Å². The van der Waals surface area contributed by atoms with Crippen LogP contribution < -0.4 is 5.32 Å². The average molecular weight is 338 g/mol. The van der Waals surface area contributed by atoms with Crippen LogP contribution >= 0.6 is 0 Å². The van der Waals surface area contributed by atoms with Crippen molar-refractivity contribution in [2.24, 2.45) is 0 Å². The lowest BCUT2D eigenvalue weighted by atomic mass is 10.2. The summed E-state index contributed by atoms with van der Waals surface area (Å²) in [5.74, 6) is -0.00561. The predicted molar refractivity (Wildman–Crippen MR) is 95.0 cm³/mol. The Morgan fingerprint density at radius 1 is 0.920 bits per heavy atom. The summed E-state index contributed by atoms with van der Waals surface area (Å²) in [5, 5.41) is 2.95. The zero-order valence-corrected chi connectivity index (χ0v) is 14.1. The monoisotopic (exact) mass is 338 g/mol. The minimum absolute atomic E-state index is 0.00561. The molecular formula is C19H22N4O2. The number of rotatable bonds is 3. The summed E-state index contributed by atoms with van der Waals surface area (Å²) in [5.41, 5.74) is 1.71. The molecule has 1 N–H and O–H groups in total. The number of aromatic nitrogens is 1. The van der Waals surface area contributed by atoms with Crippen LogP contribution in [0.3, 0.4) is 0 Å². The molecule has 0 bridgehead atoms. The van der Waals surface area contributed by atoms with E-state index in [1.807, 2.05) is 30.3 Å². The van der Waals surface area contributed by atoms with Crippen LogP contribution in [0.1, 0.15) is 22.3 Å². The first-order chi connectivity index (χ1) is 12.2. The van der Waals surface area contributed by atoms with Gasteiger partial charge in [0.05, 0.1) is 0 Å². The van der Waals surface area contributed by atoms with Gasteiger partial charge in [-0.05, 0) is 24.1 Å².